The Hall–Kier alpha value is 0.270. The minimum atomic E-state index is 0.349. The van der Waals surface area contributed by atoms with E-state index in [-0.39, 0.29) is 0 Å². The molecule has 0 fully saturated rings. The lowest BCUT2D eigenvalue weighted by Gasteiger charge is -2.15. The number of nitrogens with zero attached hydrogens (tertiary/aromatic N) is 1. The van der Waals surface area contributed by atoms with E-state index in [4.69, 9.17) is 5.73 Å². The fourth-order valence-corrected chi connectivity index (χ4v) is 1.37. The van der Waals surface area contributed by atoms with E-state index in [9.17, 15) is 0 Å². The fraction of sp³-hybridized carbons (Fsp3) is 1.00. The molecule has 0 saturated carbocycles. The molecule has 2 nitrogen and oxygen atoms in total. The minimum Gasteiger partial charge on any atom is -0.327 e. The number of hydrogen-bond donors (Lipinski definition) is 1. The Morgan fingerprint density at radius 3 is 2.50 bits per heavy atom. The van der Waals surface area contributed by atoms with Crippen molar-refractivity contribution in [1.82, 2.24) is 4.90 Å². The Bertz CT molecular complexity index is 76.0. The lowest BCUT2D eigenvalue weighted by atomic mass is 10.2. The molecule has 0 heterocycles. The Morgan fingerprint density at radius 2 is 2.10 bits per heavy atom. The van der Waals surface area contributed by atoms with Crippen molar-refractivity contribution in [1.29, 1.82) is 0 Å². The van der Waals surface area contributed by atoms with Crippen LogP contribution in [-0.2, 0) is 0 Å². The third kappa shape index (κ3) is 6.39. The van der Waals surface area contributed by atoms with Crippen LogP contribution in [0, 0.1) is 0 Å². The quantitative estimate of drug-likeness (QED) is 0.643. The Labute approximate surface area is 68.2 Å². The molecule has 1 atom stereocenters. The van der Waals surface area contributed by atoms with Crippen molar-refractivity contribution in [2.75, 3.05) is 32.6 Å². The van der Waals surface area contributed by atoms with Gasteiger partial charge in [0.15, 0.2) is 0 Å². The average Bonchev–Trinajstić information content (AvgIpc) is 1.82. The van der Waals surface area contributed by atoms with E-state index >= 15 is 0 Å². The van der Waals surface area contributed by atoms with E-state index < -0.39 is 0 Å². The molecule has 3 heteroatoms. The zero-order valence-electron chi connectivity index (χ0n) is 7.13. The van der Waals surface area contributed by atoms with E-state index in [0.717, 1.165) is 13.0 Å². The molecule has 0 saturated heterocycles. The van der Waals surface area contributed by atoms with Crippen molar-refractivity contribution in [3.63, 3.8) is 0 Å². The molecule has 0 aromatic rings. The fourth-order valence-electron chi connectivity index (χ4n) is 0.830. The largest absolute Gasteiger partial charge is 0.327 e. The summed E-state index contributed by atoms with van der Waals surface area (Å²) in [6.07, 6.45) is 3.24. The topological polar surface area (TPSA) is 29.3 Å². The normalized spacial score (nSPS) is 14.1. The molecule has 0 rings (SSSR count). The second-order valence-corrected chi connectivity index (χ2v) is 3.79. The Kier molecular flexibility index (Phi) is 6.17. The standard InChI is InChI=1S/C7H18N2S/c1-9(2)6-7(8)4-5-10-3/h7H,4-6,8H2,1-3H3/t7-/m1/s1. The number of hydrogen-bond acceptors (Lipinski definition) is 3. The van der Waals surface area contributed by atoms with Gasteiger partial charge in [-0.25, -0.2) is 0 Å². The number of rotatable bonds is 5. The first-order valence-electron chi connectivity index (χ1n) is 3.56. The second-order valence-electron chi connectivity index (χ2n) is 2.80. The number of thioether (sulfide) groups is 1. The van der Waals surface area contributed by atoms with Crippen LogP contribution in [0.15, 0.2) is 0 Å². The van der Waals surface area contributed by atoms with Crippen LogP contribution >= 0.6 is 11.8 Å². The third-order valence-corrected chi connectivity index (χ3v) is 1.94. The summed E-state index contributed by atoms with van der Waals surface area (Å²) in [5.41, 5.74) is 5.81. The van der Waals surface area contributed by atoms with Gasteiger partial charge in [0.1, 0.15) is 0 Å². The smallest absolute Gasteiger partial charge is 0.0175 e. The summed E-state index contributed by atoms with van der Waals surface area (Å²) in [5, 5.41) is 0. The van der Waals surface area contributed by atoms with Crippen molar-refractivity contribution in [3.05, 3.63) is 0 Å². The Morgan fingerprint density at radius 1 is 1.50 bits per heavy atom. The zero-order valence-corrected chi connectivity index (χ0v) is 7.95. The van der Waals surface area contributed by atoms with E-state index in [1.54, 1.807) is 0 Å². The minimum absolute atomic E-state index is 0.349. The first kappa shape index (κ1) is 10.3. The van der Waals surface area contributed by atoms with Gasteiger partial charge in [-0.3, -0.25) is 0 Å². The molecule has 0 amide bonds. The van der Waals surface area contributed by atoms with Crippen molar-refractivity contribution in [3.8, 4) is 0 Å². The van der Waals surface area contributed by atoms with E-state index in [2.05, 4.69) is 25.3 Å². The second kappa shape index (κ2) is 6.01. The molecule has 0 unspecified atom stereocenters. The highest BCUT2D eigenvalue weighted by atomic mass is 32.2. The lowest BCUT2D eigenvalue weighted by molar-refractivity contribution is 0.369. The molecular weight excluding hydrogens is 144 g/mol. The van der Waals surface area contributed by atoms with Gasteiger partial charge in [0.05, 0.1) is 0 Å². The van der Waals surface area contributed by atoms with Crippen LogP contribution in [0.4, 0.5) is 0 Å². The van der Waals surface area contributed by atoms with Crippen LogP contribution < -0.4 is 5.73 Å². The summed E-state index contributed by atoms with van der Waals surface area (Å²) < 4.78 is 0. The van der Waals surface area contributed by atoms with Crippen LogP contribution in [0.3, 0.4) is 0 Å². The molecule has 10 heavy (non-hydrogen) atoms. The maximum absolute atomic E-state index is 5.81. The van der Waals surface area contributed by atoms with E-state index in [1.165, 1.54) is 5.75 Å². The summed E-state index contributed by atoms with van der Waals surface area (Å²) in [6, 6.07) is 0.349. The molecule has 0 spiro atoms. The molecular formula is C7H18N2S. The molecule has 0 radical (unpaired) electrons. The average molecular weight is 162 g/mol. The first-order valence-corrected chi connectivity index (χ1v) is 4.95. The van der Waals surface area contributed by atoms with Gasteiger partial charge < -0.3 is 10.6 Å². The molecule has 0 aliphatic heterocycles. The van der Waals surface area contributed by atoms with Crippen LogP contribution in [0.5, 0.6) is 0 Å². The van der Waals surface area contributed by atoms with Crippen molar-refractivity contribution < 1.29 is 0 Å². The molecule has 0 aromatic heterocycles. The highest BCUT2D eigenvalue weighted by Gasteiger charge is 2.01. The number of likely N-dealkylation sites (N-methyl/N-ethyl adjacent to an activating group) is 1. The zero-order chi connectivity index (χ0) is 7.98. The molecule has 0 aliphatic carbocycles. The van der Waals surface area contributed by atoms with Gasteiger partial charge in [-0.1, -0.05) is 0 Å². The van der Waals surface area contributed by atoms with Crippen LogP contribution in [-0.4, -0.2) is 43.6 Å². The van der Waals surface area contributed by atoms with Gasteiger partial charge in [0, 0.05) is 12.6 Å². The molecule has 0 aromatic carbocycles. The van der Waals surface area contributed by atoms with Crippen molar-refractivity contribution in [2.45, 2.75) is 12.5 Å². The van der Waals surface area contributed by atoms with Gasteiger partial charge in [0.2, 0.25) is 0 Å². The van der Waals surface area contributed by atoms with Gasteiger partial charge >= 0.3 is 0 Å². The molecule has 2 N–H and O–H groups in total. The monoisotopic (exact) mass is 162 g/mol. The van der Waals surface area contributed by atoms with Crippen molar-refractivity contribution in [2.24, 2.45) is 5.73 Å². The van der Waals surface area contributed by atoms with E-state index in [1.807, 2.05) is 11.8 Å². The van der Waals surface area contributed by atoms with Crippen LogP contribution in [0.2, 0.25) is 0 Å². The van der Waals surface area contributed by atoms with Gasteiger partial charge in [-0.15, -0.1) is 0 Å². The summed E-state index contributed by atoms with van der Waals surface area (Å²) in [6.45, 7) is 1.00. The third-order valence-electron chi connectivity index (χ3n) is 1.29. The summed E-state index contributed by atoms with van der Waals surface area (Å²) >= 11 is 1.86. The van der Waals surface area contributed by atoms with E-state index in [0.29, 0.717) is 6.04 Å². The maximum Gasteiger partial charge on any atom is 0.0175 e. The maximum atomic E-state index is 5.81. The van der Waals surface area contributed by atoms with Crippen LogP contribution in [0.1, 0.15) is 6.42 Å². The van der Waals surface area contributed by atoms with Gasteiger partial charge in [-0.05, 0) is 32.5 Å². The summed E-state index contributed by atoms with van der Waals surface area (Å²) in [5.74, 6) is 1.18. The highest BCUT2D eigenvalue weighted by Crippen LogP contribution is 1.98. The highest BCUT2D eigenvalue weighted by molar-refractivity contribution is 7.98. The molecule has 0 aliphatic rings. The predicted octanol–water partition coefficient (Wildman–Crippen LogP) is 0.628. The lowest BCUT2D eigenvalue weighted by Crippen LogP contribution is -2.33. The molecule has 62 valence electrons. The SMILES string of the molecule is CSCC[C@@H](N)CN(C)C. The van der Waals surface area contributed by atoms with Gasteiger partial charge in [0.25, 0.3) is 0 Å². The first-order chi connectivity index (χ1) is 4.66. The summed E-state index contributed by atoms with van der Waals surface area (Å²) in [4.78, 5) is 2.13. The molecule has 0 bridgehead atoms. The predicted molar refractivity (Wildman–Crippen MR) is 49.5 cm³/mol. The van der Waals surface area contributed by atoms with Crippen LogP contribution in [0.25, 0.3) is 0 Å². The Balaban J connectivity index is 3.16. The van der Waals surface area contributed by atoms with Gasteiger partial charge in [-0.2, -0.15) is 11.8 Å². The summed E-state index contributed by atoms with van der Waals surface area (Å²) in [7, 11) is 4.11. The number of nitrogens with two attached hydrogens (primary N) is 1. The van der Waals surface area contributed by atoms with Crippen molar-refractivity contribution >= 4 is 11.8 Å².